The first-order valence-corrected chi connectivity index (χ1v) is 9.21. The van der Waals surface area contributed by atoms with Gasteiger partial charge in [-0.25, -0.2) is 4.98 Å². The summed E-state index contributed by atoms with van der Waals surface area (Å²) in [6.07, 6.45) is 3.23. The highest BCUT2D eigenvalue weighted by molar-refractivity contribution is 6.04. The number of carbonyl (C=O) groups excluding carboxylic acids is 2. The molecular formula is C20H25N5O3. The Hall–Kier alpha value is -3.13. The van der Waals surface area contributed by atoms with Gasteiger partial charge in [0.25, 0.3) is 5.91 Å². The van der Waals surface area contributed by atoms with Gasteiger partial charge in [-0.15, -0.1) is 0 Å². The predicted octanol–water partition coefficient (Wildman–Crippen LogP) is 2.04. The van der Waals surface area contributed by atoms with Crippen LogP contribution >= 0.6 is 0 Å². The predicted molar refractivity (Wildman–Crippen MR) is 108 cm³/mol. The van der Waals surface area contributed by atoms with E-state index in [-0.39, 0.29) is 17.5 Å². The number of aromatic nitrogens is 1. The monoisotopic (exact) mass is 383 g/mol. The largest absolute Gasteiger partial charge is 0.497 e. The van der Waals surface area contributed by atoms with Gasteiger partial charge in [-0.3, -0.25) is 9.59 Å². The Labute approximate surface area is 164 Å². The van der Waals surface area contributed by atoms with Gasteiger partial charge in [0, 0.05) is 37.5 Å². The number of hydrogen-bond acceptors (Lipinski definition) is 6. The Morgan fingerprint density at radius 3 is 2.64 bits per heavy atom. The van der Waals surface area contributed by atoms with Crippen LogP contribution in [0.3, 0.4) is 0 Å². The molecule has 0 aliphatic carbocycles. The Morgan fingerprint density at radius 1 is 1.32 bits per heavy atom. The number of nitrogens with zero attached hydrogens (tertiary/aromatic N) is 2. The van der Waals surface area contributed by atoms with Gasteiger partial charge < -0.3 is 26.0 Å². The van der Waals surface area contributed by atoms with Crippen LogP contribution < -0.4 is 26.0 Å². The number of hydrogen-bond donors (Lipinski definition) is 3. The third-order valence-corrected chi connectivity index (χ3v) is 4.74. The van der Waals surface area contributed by atoms with E-state index in [2.05, 4.69) is 15.6 Å². The highest BCUT2D eigenvalue weighted by atomic mass is 16.5. The van der Waals surface area contributed by atoms with E-state index >= 15 is 0 Å². The molecule has 1 aliphatic rings. The van der Waals surface area contributed by atoms with Crippen LogP contribution in [0.15, 0.2) is 36.5 Å². The summed E-state index contributed by atoms with van der Waals surface area (Å²) in [6, 6.07) is 9.03. The number of benzene rings is 1. The summed E-state index contributed by atoms with van der Waals surface area (Å²) in [7, 11) is 1.61. The SMILES string of the molecule is COc1ccc(Nc2cc(N(C(C)=O)C3CCCNC3)c(C(N)=O)cn2)cc1. The smallest absolute Gasteiger partial charge is 0.252 e. The molecule has 0 radical (unpaired) electrons. The Kier molecular flexibility index (Phi) is 6.10. The normalized spacial score (nSPS) is 16.3. The molecule has 2 heterocycles. The molecule has 0 spiro atoms. The minimum absolute atomic E-state index is 0.0411. The van der Waals surface area contributed by atoms with Crippen molar-refractivity contribution in [2.45, 2.75) is 25.8 Å². The molecule has 8 nitrogen and oxygen atoms in total. The number of rotatable bonds is 6. The Balaban J connectivity index is 1.95. The summed E-state index contributed by atoms with van der Waals surface area (Å²) < 4.78 is 5.16. The van der Waals surface area contributed by atoms with E-state index in [0.29, 0.717) is 18.1 Å². The van der Waals surface area contributed by atoms with E-state index in [4.69, 9.17) is 10.5 Å². The van der Waals surface area contributed by atoms with E-state index < -0.39 is 5.91 Å². The van der Waals surface area contributed by atoms with Crippen molar-refractivity contribution in [3.05, 3.63) is 42.1 Å². The van der Waals surface area contributed by atoms with Crippen molar-refractivity contribution >= 4 is 29.0 Å². The second kappa shape index (κ2) is 8.71. The first kappa shape index (κ1) is 19.6. The van der Waals surface area contributed by atoms with Crippen LogP contribution in [0.5, 0.6) is 5.75 Å². The van der Waals surface area contributed by atoms with Crippen molar-refractivity contribution in [3.8, 4) is 5.75 Å². The number of piperidine rings is 1. The maximum absolute atomic E-state index is 12.4. The zero-order chi connectivity index (χ0) is 20.1. The number of methoxy groups -OCH3 is 1. The maximum atomic E-state index is 12.4. The summed E-state index contributed by atoms with van der Waals surface area (Å²) in [5.74, 6) is 0.502. The van der Waals surface area contributed by atoms with Gasteiger partial charge in [0.05, 0.1) is 18.4 Å². The lowest BCUT2D eigenvalue weighted by Gasteiger charge is -2.35. The van der Waals surface area contributed by atoms with Gasteiger partial charge in [0.2, 0.25) is 5.91 Å². The molecule has 1 aliphatic heterocycles. The van der Waals surface area contributed by atoms with Crippen LogP contribution in [-0.4, -0.2) is 43.0 Å². The van der Waals surface area contributed by atoms with Gasteiger partial charge in [-0.1, -0.05) is 0 Å². The van der Waals surface area contributed by atoms with Gasteiger partial charge in [0.15, 0.2) is 0 Å². The second-order valence-corrected chi connectivity index (χ2v) is 6.69. The Bertz CT molecular complexity index is 847. The van der Waals surface area contributed by atoms with E-state index in [1.54, 1.807) is 18.1 Å². The van der Waals surface area contributed by atoms with Gasteiger partial charge >= 0.3 is 0 Å². The fourth-order valence-corrected chi connectivity index (χ4v) is 3.40. The van der Waals surface area contributed by atoms with Crippen molar-refractivity contribution in [2.75, 3.05) is 30.4 Å². The fraction of sp³-hybridized carbons (Fsp3) is 0.350. The van der Waals surface area contributed by atoms with Crippen LogP contribution in [-0.2, 0) is 4.79 Å². The average molecular weight is 383 g/mol. The molecular weight excluding hydrogens is 358 g/mol. The standard InChI is InChI=1S/C20H25N5O3/c1-13(26)25(15-4-3-9-22-11-15)18-10-19(23-12-17(18)20(21)27)24-14-5-7-16(28-2)8-6-14/h5-8,10,12,15,22H,3-4,9,11H2,1-2H3,(H2,21,27)(H,23,24). The molecule has 1 unspecified atom stereocenters. The van der Waals surface area contributed by atoms with Gasteiger partial charge in [-0.2, -0.15) is 0 Å². The van der Waals surface area contributed by atoms with Gasteiger partial charge in [0.1, 0.15) is 11.6 Å². The van der Waals surface area contributed by atoms with E-state index in [0.717, 1.165) is 30.8 Å². The van der Waals surface area contributed by atoms with Crippen LogP contribution in [0.2, 0.25) is 0 Å². The van der Waals surface area contributed by atoms with Crippen LogP contribution in [0, 0.1) is 0 Å². The van der Waals surface area contributed by atoms with Crippen molar-refractivity contribution in [2.24, 2.45) is 5.73 Å². The third kappa shape index (κ3) is 4.40. The molecule has 1 aromatic carbocycles. The molecule has 8 heteroatoms. The van der Waals surface area contributed by atoms with Crippen LogP contribution in [0.1, 0.15) is 30.1 Å². The number of primary amides is 1. The minimum atomic E-state index is -0.617. The number of amides is 2. The second-order valence-electron chi connectivity index (χ2n) is 6.69. The van der Waals surface area contributed by atoms with Crippen molar-refractivity contribution in [1.29, 1.82) is 0 Å². The van der Waals surface area contributed by atoms with Crippen molar-refractivity contribution in [3.63, 3.8) is 0 Å². The zero-order valence-corrected chi connectivity index (χ0v) is 16.1. The number of nitrogens with two attached hydrogens (primary N) is 1. The molecule has 1 saturated heterocycles. The summed E-state index contributed by atoms with van der Waals surface area (Å²) >= 11 is 0. The molecule has 2 amide bonds. The maximum Gasteiger partial charge on any atom is 0.252 e. The van der Waals surface area contributed by atoms with Crippen LogP contribution in [0.25, 0.3) is 0 Å². The molecule has 3 rings (SSSR count). The summed E-state index contributed by atoms with van der Waals surface area (Å²) in [6.45, 7) is 3.09. The lowest BCUT2D eigenvalue weighted by atomic mass is 10.0. The molecule has 1 aromatic heterocycles. The molecule has 2 aromatic rings. The number of nitrogens with one attached hydrogen (secondary N) is 2. The summed E-state index contributed by atoms with van der Waals surface area (Å²) in [5.41, 5.74) is 7.05. The number of anilines is 3. The molecule has 1 atom stereocenters. The molecule has 1 fully saturated rings. The average Bonchev–Trinajstić information content (AvgIpc) is 2.69. The summed E-state index contributed by atoms with van der Waals surface area (Å²) in [4.78, 5) is 30.4. The highest BCUT2D eigenvalue weighted by Crippen LogP contribution is 2.29. The number of carbonyl (C=O) groups is 2. The topological polar surface area (TPSA) is 110 Å². The lowest BCUT2D eigenvalue weighted by molar-refractivity contribution is -0.117. The van der Waals surface area contributed by atoms with E-state index in [1.807, 2.05) is 24.3 Å². The first-order valence-electron chi connectivity index (χ1n) is 9.21. The molecule has 148 valence electrons. The highest BCUT2D eigenvalue weighted by Gasteiger charge is 2.28. The number of pyridine rings is 1. The molecule has 0 saturated carbocycles. The minimum Gasteiger partial charge on any atom is -0.497 e. The molecule has 28 heavy (non-hydrogen) atoms. The Morgan fingerprint density at radius 2 is 2.07 bits per heavy atom. The van der Waals surface area contributed by atoms with Crippen molar-refractivity contribution in [1.82, 2.24) is 10.3 Å². The van der Waals surface area contributed by atoms with E-state index in [9.17, 15) is 9.59 Å². The van der Waals surface area contributed by atoms with E-state index in [1.165, 1.54) is 13.1 Å². The lowest BCUT2D eigenvalue weighted by Crippen LogP contribution is -2.49. The molecule has 0 bridgehead atoms. The van der Waals surface area contributed by atoms with Crippen LogP contribution in [0.4, 0.5) is 17.2 Å². The first-order chi connectivity index (χ1) is 13.5. The summed E-state index contributed by atoms with van der Waals surface area (Å²) in [5, 5.41) is 6.49. The number of ether oxygens (including phenoxy) is 1. The van der Waals surface area contributed by atoms with Crippen molar-refractivity contribution < 1.29 is 14.3 Å². The third-order valence-electron chi connectivity index (χ3n) is 4.74. The molecule has 4 N–H and O–H groups in total. The fourth-order valence-electron chi connectivity index (χ4n) is 3.40. The van der Waals surface area contributed by atoms with Gasteiger partial charge in [-0.05, 0) is 43.7 Å². The quantitative estimate of drug-likeness (QED) is 0.704. The zero-order valence-electron chi connectivity index (χ0n) is 16.1.